The molecule has 1 rings (SSSR count). The largest absolute Gasteiger partial charge is 0.493 e. The Bertz CT molecular complexity index is 341. The van der Waals surface area contributed by atoms with E-state index in [0.29, 0.717) is 12.4 Å². The highest BCUT2D eigenvalue weighted by molar-refractivity contribution is 6.32. The van der Waals surface area contributed by atoms with Gasteiger partial charge in [0.05, 0.1) is 13.7 Å². The molecule has 0 aliphatic carbocycles. The van der Waals surface area contributed by atoms with Crippen LogP contribution < -0.4 is 4.74 Å². The minimum atomic E-state index is -0.549. The van der Waals surface area contributed by atoms with Crippen molar-refractivity contribution in [2.24, 2.45) is 0 Å². The summed E-state index contributed by atoms with van der Waals surface area (Å²) in [4.78, 5) is 15.1. The van der Waals surface area contributed by atoms with E-state index in [1.54, 1.807) is 6.07 Å². The third-order valence-corrected chi connectivity index (χ3v) is 1.84. The Morgan fingerprint density at radius 1 is 1.64 bits per heavy atom. The van der Waals surface area contributed by atoms with E-state index in [9.17, 15) is 4.79 Å². The molecule has 0 N–H and O–H groups in total. The lowest BCUT2D eigenvalue weighted by Crippen LogP contribution is -2.07. The van der Waals surface area contributed by atoms with Crippen molar-refractivity contribution in [1.82, 2.24) is 4.98 Å². The van der Waals surface area contributed by atoms with Gasteiger partial charge in [-0.15, -0.1) is 0 Å². The van der Waals surface area contributed by atoms with Gasteiger partial charge >= 0.3 is 5.97 Å². The van der Waals surface area contributed by atoms with Gasteiger partial charge in [0.1, 0.15) is 16.5 Å². The second-order valence-corrected chi connectivity index (χ2v) is 2.76. The number of pyridine rings is 1. The highest BCUT2D eigenvalue weighted by Gasteiger charge is 2.17. The third-order valence-electron chi connectivity index (χ3n) is 1.56. The Hall–Kier alpha value is -1.29. The maximum atomic E-state index is 11.3. The van der Waals surface area contributed by atoms with Gasteiger partial charge in [0.2, 0.25) is 0 Å². The molecule has 1 heterocycles. The van der Waals surface area contributed by atoms with Gasteiger partial charge in [0, 0.05) is 6.20 Å². The summed E-state index contributed by atoms with van der Waals surface area (Å²) >= 11 is 5.75. The molecular weight excluding hydrogens is 206 g/mol. The van der Waals surface area contributed by atoms with Gasteiger partial charge in [0.25, 0.3) is 0 Å². The lowest BCUT2D eigenvalue weighted by Gasteiger charge is -2.08. The van der Waals surface area contributed by atoms with Crippen LogP contribution in [0.4, 0.5) is 0 Å². The zero-order valence-electron chi connectivity index (χ0n) is 7.91. The minimum absolute atomic E-state index is 0.0859. The third kappa shape index (κ3) is 2.14. The van der Waals surface area contributed by atoms with Crippen LogP contribution in [0.15, 0.2) is 12.3 Å². The number of esters is 1. The molecule has 14 heavy (non-hydrogen) atoms. The van der Waals surface area contributed by atoms with Crippen molar-refractivity contribution in [3.05, 3.63) is 23.0 Å². The second kappa shape index (κ2) is 4.81. The van der Waals surface area contributed by atoms with E-state index in [1.807, 2.05) is 6.92 Å². The molecule has 0 radical (unpaired) electrons. The van der Waals surface area contributed by atoms with Crippen LogP contribution in [-0.4, -0.2) is 24.7 Å². The zero-order valence-corrected chi connectivity index (χ0v) is 8.67. The normalized spacial score (nSPS) is 9.64. The highest BCUT2D eigenvalue weighted by Crippen LogP contribution is 2.24. The number of rotatable bonds is 3. The number of carbonyl (C=O) groups is 1. The number of halogens is 1. The van der Waals surface area contributed by atoms with E-state index in [4.69, 9.17) is 16.3 Å². The molecule has 0 aromatic carbocycles. The first-order valence-electron chi connectivity index (χ1n) is 4.06. The molecule has 0 spiro atoms. The average molecular weight is 216 g/mol. The Kier molecular flexibility index (Phi) is 3.71. The highest BCUT2D eigenvalue weighted by atomic mass is 35.5. The molecule has 0 aliphatic rings. The summed E-state index contributed by atoms with van der Waals surface area (Å²) in [5, 5.41) is 0.0859. The Morgan fingerprint density at radius 3 is 2.93 bits per heavy atom. The lowest BCUT2D eigenvalue weighted by atomic mass is 10.2. The van der Waals surface area contributed by atoms with E-state index in [-0.39, 0.29) is 10.7 Å². The molecule has 0 unspecified atom stereocenters. The molecule has 5 heteroatoms. The topological polar surface area (TPSA) is 48.4 Å². The summed E-state index contributed by atoms with van der Waals surface area (Å²) in [5.74, 6) is -0.161. The molecule has 76 valence electrons. The smallest absolute Gasteiger partial charge is 0.344 e. The van der Waals surface area contributed by atoms with Crippen LogP contribution in [0.3, 0.4) is 0 Å². The number of carbonyl (C=O) groups excluding carboxylic acids is 1. The van der Waals surface area contributed by atoms with Crippen LogP contribution in [-0.2, 0) is 4.74 Å². The van der Waals surface area contributed by atoms with Gasteiger partial charge < -0.3 is 9.47 Å². The molecule has 0 atom stereocenters. The standard InChI is InChI=1S/C9H10ClNO3/c1-3-14-6-4-5-11-8(10)7(6)9(12)13-2/h4-5H,3H2,1-2H3. The molecule has 1 aromatic rings. The van der Waals surface area contributed by atoms with E-state index < -0.39 is 5.97 Å². The van der Waals surface area contributed by atoms with E-state index in [2.05, 4.69) is 9.72 Å². The molecule has 0 fully saturated rings. The van der Waals surface area contributed by atoms with Crippen molar-refractivity contribution < 1.29 is 14.3 Å². The van der Waals surface area contributed by atoms with Crippen LogP contribution >= 0.6 is 11.6 Å². The number of methoxy groups -OCH3 is 1. The fourth-order valence-electron chi connectivity index (χ4n) is 0.983. The summed E-state index contributed by atoms with van der Waals surface area (Å²) in [6.07, 6.45) is 1.47. The number of hydrogen-bond donors (Lipinski definition) is 0. The Balaban J connectivity index is 3.15. The number of ether oxygens (including phenoxy) is 2. The van der Waals surface area contributed by atoms with Gasteiger partial charge in [-0.25, -0.2) is 9.78 Å². The van der Waals surface area contributed by atoms with Crippen molar-refractivity contribution >= 4 is 17.6 Å². The second-order valence-electron chi connectivity index (χ2n) is 2.40. The molecule has 0 amide bonds. The van der Waals surface area contributed by atoms with Gasteiger partial charge in [-0.1, -0.05) is 11.6 Å². The molecule has 0 saturated carbocycles. The fraction of sp³-hybridized carbons (Fsp3) is 0.333. The fourth-order valence-corrected chi connectivity index (χ4v) is 1.21. The molecule has 1 aromatic heterocycles. The molecule has 0 saturated heterocycles. The first-order valence-corrected chi connectivity index (χ1v) is 4.44. The minimum Gasteiger partial charge on any atom is -0.493 e. The molecule has 0 aliphatic heterocycles. The number of aromatic nitrogens is 1. The van der Waals surface area contributed by atoms with Gasteiger partial charge in [0.15, 0.2) is 0 Å². The van der Waals surface area contributed by atoms with Crippen molar-refractivity contribution in [2.45, 2.75) is 6.92 Å². The summed E-state index contributed by atoms with van der Waals surface area (Å²) in [6.45, 7) is 2.26. The summed E-state index contributed by atoms with van der Waals surface area (Å²) in [7, 11) is 1.28. The zero-order chi connectivity index (χ0) is 10.6. The average Bonchev–Trinajstić information content (AvgIpc) is 2.18. The van der Waals surface area contributed by atoms with E-state index in [1.165, 1.54) is 13.3 Å². The monoisotopic (exact) mass is 215 g/mol. The van der Waals surface area contributed by atoms with E-state index in [0.717, 1.165) is 0 Å². The van der Waals surface area contributed by atoms with Crippen LogP contribution in [0.2, 0.25) is 5.15 Å². The SMILES string of the molecule is CCOc1ccnc(Cl)c1C(=O)OC. The Labute approximate surface area is 86.8 Å². The van der Waals surface area contributed by atoms with E-state index >= 15 is 0 Å². The predicted molar refractivity (Wildman–Crippen MR) is 51.8 cm³/mol. The van der Waals surface area contributed by atoms with Crippen molar-refractivity contribution in [1.29, 1.82) is 0 Å². The lowest BCUT2D eigenvalue weighted by molar-refractivity contribution is 0.0596. The number of nitrogens with zero attached hydrogens (tertiary/aromatic N) is 1. The summed E-state index contributed by atoms with van der Waals surface area (Å²) < 4.78 is 9.78. The number of hydrogen-bond acceptors (Lipinski definition) is 4. The van der Waals surface area contributed by atoms with Crippen LogP contribution in [0, 0.1) is 0 Å². The van der Waals surface area contributed by atoms with Gasteiger partial charge in [-0.2, -0.15) is 0 Å². The Morgan fingerprint density at radius 2 is 2.36 bits per heavy atom. The van der Waals surface area contributed by atoms with Gasteiger partial charge in [-0.3, -0.25) is 0 Å². The van der Waals surface area contributed by atoms with Crippen molar-refractivity contribution in [2.75, 3.05) is 13.7 Å². The molecule has 4 nitrogen and oxygen atoms in total. The van der Waals surface area contributed by atoms with Crippen LogP contribution in [0.25, 0.3) is 0 Å². The van der Waals surface area contributed by atoms with Crippen LogP contribution in [0.1, 0.15) is 17.3 Å². The maximum absolute atomic E-state index is 11.3. The maximum Gasteiger partial charge on any atom is 0.344 e. The van der Waals surface area contributed by atoms with Crippen molar-refractivity contribution in [3.63, 3.8) is 0 Å². The van der Waals surface area contributed by atoms with Crippen LogP contribution in [0.5, 0.6) is 5.75 Å². The molecular formula is C9H10ClNO3. The molecule has 0 bridgehead atoms. The van der Waals surface area contributed by atoms with Crippen molar-refractivity contribution in [3.8, 4) is 5.75 Å². The predicted octanol–water partition coefficient (Wildman–Crippen LogP) is 1.92. The first kappa shape index (κ1) is 10.8. The first-order chi connectivity index (χ1) is 6.70. The van der Waals surface area contributed by atoms with Gasteiger partial charge in [-0.05, 0) is 13.0 Å². The summed E-state index contributed by atoms with van der Waals surface area (Å²) in [6, 6.07) is 1.57. The quantitative estimate of drug-likeness (QED) is 0.571. The summed E-state index contributed by atoms with van der Waals surface area (Å²) in [5.41, 5.74) is 0.165.